The summed E-state index contributed by atoms with van der Waals surface area (Å²) in [7, 11) is 0. The molecule has 0 aliphatic rings. The maximum Gasteiger partial charge on any atom is -0.0374 e. The summed E-state index contributed by atoms with van der Waals surface area (Å²) in [6, 6.07) is 0. The minimum atomic E-state index is 1.13. The van der Waals surface area contributed by atoms with Crippen LogP contribution in [-0.4, -0.2) is 0 Å². The van der Waals surface area contributed by atoms with E-state index in [1.54, 1.807) is 0 Å². The molecule has 0 aromatic heterocycles. The topological polar surface area (TPSA) is 0 Å². The highest BCUT2D eigenvalue weighted by molar-refractivity contribution is 5.18. The Morgan fingerprint density at radius 2 is 1.31 bits per heavy atom. The molecule has 0 aromatic carbocycles. The molecular weight excluding hydrogens is 156 g/mol. The summed E-state index contributed by atoms with van der Waals surface area (Å²) in [5.41, 5.74) is 2.75. The smallest absolute Gasteiger partial charge is 0.0374 e. The van der Waals surface area contributed by atoms with Crippen LogP contribution in [0.1, 0.15) is 61.8 Å². The molecule has 0 aliphatic heterocycles. The van der Waals surface area contributed by atoms with Crippen molar-refractivity contribution in [3.05, 3.63) is 23.3 Å². The Kier molecular flexibility index (Phi) is 24.7. The fraction of sp³-hybridized carbons (Fsp3) is 0.692. The monoisotopic (exact) mass is 184 g/mol. The number of rotatable bonds is 2. The third-order valence-electron chi connectivity index (χ3n) is 1.04. The largest absolute Gasteiger partial charge is 0.0819 e. The lowest BCUT2D eigenvalue weighted by Crippen LogP contribution is -1.69. The van der Waals surface area contributed by atoms with Gasteiger partial charge in [-0.2, -0.15) is 0 Å². The van der Waals surface area contributed by atoms with Gasteiger partial charge in [0.2, 0.25) is 0 Å². The quantitative estimate of drug-likeness (QED) is 0.507. The van der Waals surface area contributed by atoms with E-state index in [2.05, 4.69) is 39.8 Å². The maximum atomic E-state index is 2.23. The predicted octanol–water partition coefficient (Wildman–Crippen LogP) is 5.36. The van der Waals surface area contributed by atoms with Crippen molar-refractivity contribution >= 4 is 0 Å². The van der Waals surface area contributed by atoms with E-state index >= 15 is 0 Å². The van der Waals surface area contributed by atoms with E-state index < -0.39 is 0 Å². The summed E-state index contributed by atoms with van der Waals surface area (Å²) in [6.45, 7) is 16.5. The third-order valence-corrected chi connectivity index (χ3v) is 1.04. The highest BCUT2D eigenvalue weighted by atomic mass is 13.9. The van der Waals surface area contributed by atoms with Crippen molar-refractivity contribution < 1.29 is 0 Å². The van der Waals surface area contributed by atoms with Crippen LogP contribution in [0, 0.1) is 0 Å². The van der Waals surface area contributed by atoms with Gasteiger partial charge in [0.1, 0.15) is 0 Å². The molecule has 0 heteroatoms. The van der Waals surface area contributed by atoms with Gasteiger partial charge in [-0.3, -0.25) is 0 Å². The van der Waals surface area contributed by atoms with Crippen molar-refractivity contribution in [3.8, 4) is 0 Å². The Morgan fingerprint density at radius 3 is 1.54 bits per heavy atom. The minimum Gasteiger partial charge on any atom is -0.0819 e. The molecular formula is C13H28. The molecule has 0 saturated carbocycles. The van der Waals surface area contributed by atoms with E-state index in [1.807, 2.05) is 27.7 Å². The molecule has 0 fully saturated rings. The molecule has 0 bridgehead atoms. The van der Waals surface area contributed by atoms with Gasteiger partial charge in [-0.25, -0.2) is 0 Å². The van der Waals surface area contributed by atoms with Gasteiger partial charge in [-0.05, 0) is 27.2 Å². The van der Waals surface area contributed by atoms with Crippen molar-refractivity contribution in [2.75, 3.05) is 0 Å². The van der Waals surface area contributed by atoms with Gasteiger partial charge in [0, 0.05) is 0 Å². The molecule has 0 rings (SSSR count). The molecule has 0 N–H and O–H groups in total. The lowest BCUT2D eigenvalue weighted by Gasteiger charge is -1.90. The summed E-state index contributed by atoms with van der Waals surface area (Å²) in [6.07, 6.45) is 5.56. The molecule has 0 radical (unpaired) electrons. The average molecular weight is 184 g/mol. The van der Waals surface area contributed by atoms with Crippen LogP contribution in [0.25, 0.3) is 0 Å². The van der Waals surface area contributed by atoms with Gasteiger partial charge in [0.15, 0.2) is 0 Å². The summed E-state index contributed by atoms with van der Waals surface area (Å²) in [4.78, 5) is 0. The van der Waals surface area contributed by atoms with E-state index in [4.69, 9.17) is 0 Å². The second-order valence-electron chi connectivity index (χ2n) is 2.58. The fourth-order valence-electron chi connectivity index (χ4n) is 0.836. The molecule has 0 atom stereocenters. The minimum absolute atomic E-state index is 1.13. The lowest BCUT2D eigenvalue weighted by atomic mass is 10.2. The number of hydrogen-bond acceptors (Lipinski definition) is 0. The molecule has 0 saturated heterocycles. The summed E-state index contributed by atoms with van der Waals surface area (Å²) < 4.78 is 0. The van der Waals surface area contributed by atoms with E-state index in [-0.39, 0.29) is 0 Å². The van der Waals surface area contributed by atoms with Crippen molar-refractivity contribution in [1.29, 1.82) is 0 Å². The summed E-state index contributed by atoms with van der Waals surface area (Å²) in [5, 5.41) is 0. The lowest BCUT2D eigenvalue weighted by molar-refractivity contribution is 1.19. The predicted molar refractivity (Wildman–Crippen MR) is 66.2 cm³/mol. The van der Waals surface area contributed by atoms with Crippen LogP contribution in [0.15, 0.2) is 23.3 Å². The first-order valence-corrected chi connectivity index (χ1v) is 5.48. The second-order valence-corrected chi connectivity index (χ2v) is 2.58. The molecule has 0 aromatic rings. The zero-order valence-electron chi connectivity index (χ0n) is 10.9. The van der Waals surface area contributed by atoms with Crippen LogP contribution in [0.4, 0.5) is 0 Å². The molecule has 0 heterocycles. The highest BCUT2D eigenvalue weighted by Gasteiger charge is 1.79. The van der Waals surface area contributed by atoms with Crippen molar-refractivity contribution in [2.24, 2.45) is 0 Å². The van der Waals surface area contributed by atoms with E-state index in [9.17, 15) is 0 Å². The van der Waals surface area contributed by atoms with Gasteiger partial charge >= 0.3 is 0 Å². The van der Waals surface area contributed by atoms with Gasteiger partial charge in [-0.15, -0.1) is 0 Å². The number of hydrogen-bond donors (Lipinski definition) is 0. The van der Waals surface area contributed by atoms with Crippen molar-refractivity contribution in [2.45, 2.75) is 61.8 Å². The Hall–Kier alpha value is -0.520. The molecule has 13 heavy (non-hydrogen) atoms. The highest BCUT2D eigenvalue weighted by Crippen LogP contribution is 2.00. The van der Waals surface area contributed by atoms with Gasteiger partial charge in [0.25, 0.3) is 0 Å². The molecule has 80 valence electrons. The molecule has 0 spiro atoms. The second kappa shape index (κ2) is 17.5. The first kappa shape index (κ1) is 18.3. The van der Waals surface area contributed by atoms with Crippen molar-refractivity contribution in [1.82, 2.24) is 0 Å². The van der Waals surface area contributed by atoms with Gasteiger partial charge in [-0.1, -0.05) is 57.9 Å². The standard InChI is InChI=1S/C9H16.2C2H6/c1-5-6-9(4)7-8(2)3;2*1-2/h6-7H,5H2,1-4H3;2*1-2H3/b9-6-;;. The molecule has 0 nitrogen and oxygen atoms in total. The maximum absolute atomic E-state index is 2.23. The van der Waals surface area contributed by atoms with E-state index in [1.165, 1.54) is 11.1 Å². The SMILES string of the molecule is CC.CC.CC/C=C(/C)C=C(C)C. The zero-order valence-corrected chi connectivity index (χ0v) is 10.9. The molecule has 0 amide bonds. The number of allylic oxidation sites excluding steroid dienone is 4. The Labute approximate surface area is 85.8 Å². The Balaban J connectivity index is -0.000000218. The van der Waals surface area contributed by atoms with Crippen LogP contribution in [0.3, 0.4) is 0 Å². The van der Waals surface area contributed by atoms with Gasteiger partial charge in [0.05, 0.1) is 0 Å². The van der Waals surface area contributed by atoms with E-state index in [0.717, 1.165) is 6.42 Å². The van der Waals surface area contributed by atoms with Gasteiger partial charge < -0.3 is 0 Å². The summed E-state index contributed by atoms with van der Waals surface area (Å²) in [5.74, 6) is 0. The Morgan fingerprint density at radius 1 is 0.923 bits per heavy atom. The van der Waals surface area contributed by atoms with Crippen LogP contribution in [-0.2, 0) is 0 Å². The van der Waals surface area contributed by atoms with Crippen molar-refractivity contribution in [3.63, 3.8) is 0 Å². The first-order chi connectivity index (χ1) is 6.16. The first-order valence-electron chi connectivity index (χ1n) is 5.48. The van der Waals surface area contributed by atoms with Crippen LogP contribution in [0.2, 0.25) is 0 Å². The fourth-order valence-corrected chi connectivity index (χ4v) is 0.836. The normalized spacial score (nSPS) is 8.77. The molecule has 0 aliphatic carbocycles. The third kappa shape index (κ3) is 24.6. The van der Waals surface area contributed by atoms with Crippen LogP contribution in [0.5, 0.6) is 0 Å². The van der Waals surface area contributed by atoms with Crippen LogP contribution >= 0.6 is 0 Å². The molecule has 0 unspecified atom stereocenters. The summed E-state index contributed by atoms with van der Waals surface area (Å²) >= 11 is 0. The van der Waals surface area contributed by atoms with Crippen LogP contribution < -0.4 is 0 Å². The Bertz CT molecular complexity index is 123. The van der Waals surface area contributed by atoms with E-state index in [0.29, 0.717) is 0 Å². The average Bonchev–Trinajstić information content (AvgIpc) is 2.10. The zero-order chi connectivity index (χ0) is 11.3.